The molecule has 0 heterocycles. The molecule has 0 aromatic rings. The van der Waals surface area contributed by atoms with Crippen LogP contribution in [0.3, 0.4) is 0 Å². The minimum Gasteiger partial charge on any atom is -0.756 e. The summed E-state index contributed by atoms with van der Waals surface area (Å²) in [4.78, 5) is 18.5. The number of phosphoric acid groups is 1. The number of hydrogen-bond donors (Lipinski definition) is 1. The van der Waals surface area contributed by atoms with Gasteiger partial charge >= 0.3 is 51.4 Å². The molecular weight excluding hydrogens is 266 g/mol. The first kappa shape index (κ1) is 21.1. The molecule has 17 heavy (non-hydrogen) atoms. The molecule has 0 aliphatic heterocycles. The quantitative estimate of drug-likeness (QED) is 0.330. The second kappa shape index (κ2) is 14.2. The van der Waals surface area contributed by atoms with Crippen molar-refractivity contribution in [3.05, 3.63) is 0 Å². The van der Waals surface area contributed by atoms with Crippen LogP contribution in [0.25, 0.3) is 0 Å². The van der Waals surface area contributed by atoms with E-state index in [0.717, 1.165) is 12.8 Å². The number of rotatable bonds is 11. The van der Waals surface area contributed by atoms with Crippen molar-refractivity contribution in [2.75, 3.05) is 6.61 Å². The number of phosphoric ester groups is 1. The van der Waals surface area contributed by atoms with Crippen molar-refractivity contribution in [3.63, 3.8) is 0 Å². The molecule has 0 saturated carbocycles. The smallest absolute Gasteiger partial charge is 0.756 e. The van der Waals surface area contributed by atoms with Gasteiger partial charge in [-0.1, -0.05) is 58.3 Å². The SMILES string of the molecule is CCCCCCCCCCCOP(=O)([O-])O.[K+]. The number of hydrogen-bond acceptors (Lipinski definition) is 3. The van der Waals surface area contributed by atoms with Crippen molar-refractivity contribution in [1.29, 1.82) is 0 Å². The van der Waals surface area contributed by atoms with E-state index in [1.165, 1.54) is 38.5 Å². The molecule has 0 bridgehead atoms. The Hall–Kier alpha value is 1.75. The van der Waals surface area contributed by atoms with Crippen LogP contribution in [0.4, 0.5) is 0 Å². The summed E-state index contributed by atoms with van der Waals surface area (Å²) >= 11 is 0. The first-order chi connectivity index (χ1) is 7.56. The Morgan fingerprint density at radius 3 is 1.82 bits per heavy atom. The predicted molar refractivity (Wildman–Crippen MR) is 63.0 cm³/mol. The topological polar surface area (TPSA) is 69.6 Å². The zero-order chi connectivity index (χ0) is 12.3. The summed E-state index contributed by atoms with van der Waals surface area (Å²) in [6.07, 6.45) is 10.5. The van der Waals surface area contributed by atoms with Crippen molar-refractivity contribution < 1.29 is 70.3 Å². The minimum absolute atomic E-state index is 0. The summed E-state index contributed by atoms with van der Waals surface area (Å²) in [6.45, 7) is 2.31. The first-order valence-corrected chi connectivity index (χ1v) is 7.74. The molecule has 0 radical (unpaired) electrons. The summed E-state index contributed by atoms with van der Waals surface area (Å²) in [5.41, 5.74) is 0. The maximum Gasteiger partial charge on any atom is 1.00 e. The molecule has 98 valence electrons. The van der Waals surface area contributed by atoms with Crippen LogP contribution in [0.1, 0.15) is 64.7 Å². The molecule has 0 fully saturated rings. The largest absolute Gasteiger partial charge is 1.00 e. The standard InChI is InChI=1S/C11H25O4P.K/c1-2-3-4-5-6-7-8-9-10-11-15-16(12,13)14;/h2-11H2,1H3,(H2,12,13,14);/q;+1/p-1. The monoisotopic (exact) mass is 290 g/mol. The van der Waals surface area contributed by atoms with Crippen LogP contribution < -0.4 is 56.3 Å². The summed E-state index contributed by atoms with van der Waals surface area (Å²) < 4.78 is 14.5. The molecule has 0 aliphatic rings. The van der Waals surface area contributed by atoms with E-state index in [9.17, 15) is 9.46 Å². The van der Waals surface area contributed by atoms with Gasteiger partial charge in [0.15, 0.2) is 0 Å². The van der Waals surface area contributed by atoms with Crippen LogP contribution in [-0.4, -0.2) is 11.5 Å². The molecule has 1 atom stereocenters. The molecule has 4 nitrogen and oxygen atoms in total. The van der Waals surface area contributed by atoms with Gasteiger partial charge in [0.2, 0.25) is 0 Å². The fraction of sp³-hybridized carbons (Fsp3) is 1.00. The van der Waals surface area contributed by atoms with E-state index in [1.807, 2.05) is 0 Å². The maximum atomic E-state index is 10.2. The molecule has 0 aromatic carbocycles. The van der Waals surface area contributed by atoms with E-state index < -0.39 is 7.82 Å². The number of unbranched alkanes of at least 4 members (excludes halogenated alkanes) is 8. The van der Waals surface area contributed by atoms with E-state index in [1.54, 1.807) is 0 Å². The fourth-order valence-electron chi connectivity index (χ4n) is 1.59. The molecule has 0 rings (SSSR count). The van der Waals surface area contributed by atoms with Crippen molar-refractivity contribution in [2.45, 2.75) is 64.7 Å². The van der Waals surface area contributed by atoms with Gasteiger partial charge in [-0.3, -0.25) is 4.57 Å². The molecule has 0 aromatic heterocycles. The van der Waals surface area contributed by atoms with E-state index >= 15 is 0 Å². The van der Waals surface area contributed by atoms with Crippen molar-refractivity contribution in [2.24, 2.45) is 0 Å². The van der Waals surface area contributed by atoms with E-state index in [0.29, 0.717) is 6.42 Å². The van der Waals surface area contributed by atoms with Gasteiger partial charge in [-0.25, -0.2) is 0 Å². The third-order valence-corrected chi connectivity index (χ3v) is 3.01. The molecular formula is C11H24KO4P. The van der Waals surface area contributed by atoms with Crippen molar-refractivity contribution in [3.8, 4) is 0 Å². The Bertz CT molecular complexity index is 196. The molecule has 0 spiro atoms. The van der Waals surface area contributed by atoms with Gasteiger partial charge in [-0.2, -0.15) is 0 Å². The van der Waals surface area contributed by atoms with Crippen LogP contribution in [0, 0.1) is 0 Å². The third kappa shape index (κ3) is 20.2. The molecule has 0 aliphatic carbocycles. The Balaban J connectivity index is 0. The molecule has 0 amide bonds. The fourth-order valence-corrected chi connectivity index (χ4v) is 1.95. The van der Waals surface area contributed by atoms with Crippen LogP contribution in [0.15, 0.2) is 0 Å². The Morgan fingerprint density at radius 2 is 1.41 bits per heavy atom. The van der Waals surface area contributed by atoms with Crippen LogP contribution in [0.5, 0.6) is 0 Å². The minimum atomic E-state index is -4.49. The molecule has 1 N–H and O–H groups in total. The second-order valence-corrected chi connectivity index (χ2v) is 5.33. The summed E-state index contributed by atoms with van der Waals surface area (Å²) in [5, 5.41) is 0. The van der Waals surface area contributed by atoms with E-state index in [-0.39, 0.29) is 58.0 Å². The Morgan fingerprint density at radius 1 is 1.00 bits per heavy atom. The average molecular weight is 290 g/mol. The van der Waals surface area contributed by atoms with Crippen LogP contribution in [0.2, 0.25) is 0 Å². The normalized spacial score (nSPS) is 14.1. The van der Waals surface area contributed by atoms with Crippen molar-refractivity contribution >= 4 is 7.82 Å². The van der Waals surface area contributed by atoms with Gasteiger partial charge in [-0.05, 0) is 6.42 Å². The summed E-state index contributed by atoms with van der Waals surface area (Å²) in [5.74, 6) is 0. The Kier molecular flexibility index (Phi) is 17.5. The molecule has 1 unspecified atom stereocenters. The van der Waals surface area contributed by atoms with Gasteiger partial charge in [0.1, 0.15) is 0 Å². The van der Waals surface area contributed by atoms with E-state index in [2.05, 4.69) is 11.4 Å². The van der Waals surface area contributed by atoms with Gasteiger partial charge in [0.25, 0.3) is 7.82 Å². The van der Waals surface area contributed by atoms with Gasteiger partial charge in [-0.15, -0.1) is 0 Å². The zero-order valence-electron chi connectivity index (χ0n) is 11.2. The molecule has 0 saturated heterocycles. The van der Waals surface area contributed by atoms with Crippen molar-refractivity contribution in [1.82, 2.24) is 0 Å². The molecule has 6 heteroatoms. The van der Waals surface area contributed by atoms with E-state index in [4.69, 9.17) is 4.89 Å². The third-order valence-electron chi connectivity index (χ3n) is 2.50. The summed E-state index contributed by atoms with van der Waals surface area (Å²) in [6, 6.07) is 0. The zero-order valence-corrected chi connectivity index (χ0v) is 15.2. The van der Waals surface area contributed by atoms with Crippen LogP contribution >= 0.6 is 7.82 Å². The average Bonchev–Trinajstić information content (AvgIpc) is 2.19. The first-order valence-electron chi connectivity index (χ1n) is 6.24. The van der Waals surface area contributed by atoms with Gasteiger partial charge < -0.3 is 14.3 Å². The van der Waals surface area contributed by atoms with Gasteiger partial charge in [0, 0.05) is 0 Å². The van der Waals surface area contributed by atoms with Gasteiger partial charge in [0.05, 0.1) is 6.61 Å². The maximum absolute atomic E-state index is 10.2. The second-order valence-electron chi connectivity index (χ2n) is 4.13. The Labute approximate surface area is 148 Å². The predicted octanol–water partition coefficient (Wildman–Crippen LogP) is -0.00150. The summed E-state index contributed by atoms with van der Waals surface area (Å²) in [7, 11) is -4.49. The van der Waals surface area contributed by atoms with Crippen LogP contribution in [-0.2, 0) is 9.09 Å².